The van der Waals surface area contributed by atoms with Crippen molar-refractivity contribution < 1.29 is 5.11 Å². The Morgan fingerprint density at radius 2 is 2.05 bits per heavy atom. The van der Waals surface area contributed by atoms with Gasteiger partial charge < -0.3 is 9.67 Å². The molecule has 0 radical (unpaired) electrons. The molecule has 0 bridgehead atoms. The minimum Gasteiger partial charge on any atom is -0.390 e. The molecule has 3 nitrogen and oxygen atoms in total. The Bertz CT molecular complexity index is 554. The van der Waals surface area contributed by atoms with Crippen molar-refractivity contribution in [3.05, 3.63) is 46.7 Å². The fourth-order valence-corrected chi connectivity index (χ4v) is 2.86. The summed E-state index contributed by atoms with van der Waals surface area (Å²) in [5.74, 6) is 0. The maximum atomic E-state index is 9.27. The predicted octanol–water partition coefficient (Wildman–Crippen LogP) is 3.97. The number of nitrogens with zero attached hydrogens (tertiary/aromatic N) is 2. The molecule has 20 heavy (non-hydrogen) atoms. The molecule has 1 aromatic heterocycles. The lowest BCUT2D eigenvalue weighted by molar-refractivity contribution is 0.277. The Morgan fingerprint density at radius 1 is 1.35 bits per heavy atom. The van der Waals surface area contributed by atoms with E-state index in [4.69, 9.17) is 11.6 Å². The number of hydrogen-bond acceptors (Lipinski definition) is 3. The summed E-state index contributed by atoms with van der Waals surface area (Å²) in [5.41, 5.74) is 1.88. The van der Waals surface area contributed by atoms with Gasteiger partial charge in [-0.3, -0.25) is 0 Å². The second-order valence-electron chi connectivity index (χ2n) is 4.76. The van der Waals surface area contributed by atoms with Crippen LogP contribution in [0.25, 0.3) is 0 Å². The van der Waals surface area contributed by atoms with E-state index in [1.165, 1.54) is 5.56 Å². The molecule has 5 heteroatoms. The molecule has 0 aliphatic carbocycles. The van der Waals surface area contributed by atoms with Crippen LogP contribution in [0.1, 0.15) is 31.5 Å². The number of imidazole rings is 1. The Morgan fingerprint density at radius 3 is 2.65 bits per heavy atom. The highest BCUT2D eigenvalue weighted by molar-refractivity contribution is 7.99. The zero-order valence-electron chi connectivity index (χ0n) is 11.7. The highest BCUT2D eigenvalue weighted by Crippen LogP contribution is 2.25. The molecule has 1 N–H and O–H groups in total. The van der Waals surface area contributed by atoms with Crippen molar-refractivity contribution in [1.29, 1.82) is 0 Å². The van der Waals surface area contributed by atoms with Crippen molar-refractivity contribution in [1.82, 2.24) is 9.55 Å². The van der Waals surface area contributed by atoms with Crippen molar-refractivity contribution in [2.75, 3.05) is 0 Å². The van der Waals surface area contributed by atoms with Gasteiger partial charge in [-0.1, -0.05) is 49.3 Å². The molecule has 1 unspecified atom stereocenters. The fraction of sp³-hybridized carbons (Fsp3) is 0.400. The quantitative estimate of drug-likeness (QED) is 0.820. The predicted molar refractivity (Wildman–Crippen MR) is 84.3 cm³/mol. The first kappa shape index (κ1) is 15.4. The summed E-state index contributed by atoms with van der Waals surface area (Å²) < 4.78 is 2.09. The molecule has 108 valence electrons. The van der Waals surface area contributed by atoms with Gasteiger partial charge in [-0.15, -0.1) is 0 Å². The van der Waals surface area contributed by atoms with Crippen LogP contribution < -0.4 is 0 Å². The van der Waals surface area contributed by atoms with Crippen LogP contribution in [-0.2, 0) is 13.2 Å². The van der Waals surface area contributed by atoms with Gasteiger partial charge in [0.1, 0.15) is 0 Å². The van der Waals surface area contributed by atoms with Crippen molar-refractivity contribution >= 4 is 23.4 Å². The molecule has 0 saturated carbocycles. The molecule has 0 fully saturated rings. The first-order valence-electron chi connectivity index (χ1n) is 6.70. The van der Waals surface area contributed by atoms with Crippen LogP contribution in [0.2, 0.25) is 5.02 Å². The molecular weight excluding hydrogens is 292 g/mol. The molecule has 2 aromatic rings. The largest absolute Gasteiger partial charge is 0.390 e. The first-order valence-corrected chi connectivity index (χ1v) is 7.96. The van der Waals surface area contributed by atoms with E-state index >= 15 is 0 Å². The summed E-state index contributed by atoms with van der Waals surface area (Å²) in [6.07, 6.45) is 3.01. The zero-order chi connectivity index (χ0) is 14.5. The molecule has 0 spiro atoms. The fourth-order valence-electron chi connectivity index (χ4n) is 1.78. The molecule has 2 rings (SSSR count). The average Bonchev–Trinajstić information content (AvgIpc) is 2.83. The third-order valence-electron chi connectivity index (χ3n) is 3.10. The van der Waals surface area contributed by atoms with Crippen molar-refractivity contribution in [2.45, 2.75) is 43.8 Å². The van der Waals surface area contributed by atoms with Gasteiger partial charge in [-0.2, -0.15) is 0 Å². The van der Waals surface area contributed by atoms with Crippen LogP contribution in [0.15, 0.2) is 35.6 Å². The molecule has 0 saturated heterocycles. The van der Waals surface area contributed by atoms with Gasteiger partial charge in [0, 0.05) is 23.0 Å². The standard InChI is InChI=1S/C15H19ClN2OS/c1-3-11(2)20-15-17-14(10-19)9-18(15)8-12-4-6-13(16)7-5-12/h4-7,9,11,19H,3,8,10H2,1-2H3. The molecule has 0 aliphatic heterocycles. The number of benzene rings is 1. The zero-order valence-corrected chi connectivity index (χ0v) is 13.3. The first-order chi connectivity index (χ1) is 9.62. The smallest absolute Gasteiger partial charge is 0.168 e. The van der Waals surface area contributed by atoms with Crippen LogP contribution in [0.3, 0.4) is 0 Å². The van der Waals surface area contributed by atoms with Crippen LogP contribution in [0.5, 0.6) is 0 Å². The Balaban J connectivity index is 2.20. The molecule has 1 heterocycles. The summed E-state index contributed by atoms with van der Waals surface area (Å²) in [7, 11) is 0. The van der Waals surface area contributed by atoms with Crippen LogP contribution in [-0.4, -0.2) is 19.9 Å². The summed E-state index contributed by atoms with van der Waals surface area (Å²) in [5, 5.41) is 11.5. The van der Waals surface area contributed by atoms with E-state index in [9.17, 15) is 5.11 Å². The highest BCUT2D eigenvalue weighted by atomic mass is 35.5. The number of aromatic nitrogens is 2. The SMILES string of the molecule is CCC(C)Sc1nc(CO)cn1Cc1ccc(Cl)cc1. The van der Waals surface area contributed by atoms with E-state index in [1.807, 2.05) is 30.5 Å². The number of rotatable bonds is 6. The van der Waals surface area contributed by atoms with E-state index in [0.717, 1.165) is 23.1 Å². The van der Waals surface area contributed by atoms with Crippen molar-refractivity contribution in [2.24, 2.45) is 0 Å². The van der Waals surface area contributed by atoms with E-state index in [1.54, 1.807) is 11.8 Å². The number of thioether (sulfide) groups is 1. The highest BCUT2D eigenvalue weighted by Gasteiger charge is 2.11. The third kappa shape index (κ3) is 4.01. The van der Waals surface area contributed by atoms with Gasteiger partial charge in [0.15, 0.2) is 5.16 Å². The Hall–Kier alpha value is -0.970. The lowest BCUT2D eigenvalue weighted by Crippen LogP contribution is -2.03. The average molecular weight is 311 g/mol. The van der Waals surface area contributed by atoms with Crippen molar-refractivity contribution in [3.8, 4) is 0 Å². The molecule has 0 aliphatic rings. The second kappa shape index (κ2) is 7.16. The minimum absolute atomic E-state index is 0.0261. The topological polar surface area (TPSA) is 38.1 Å². The van der Waals surface area contributed by atoms with Gasteiger partial charge in [-0.05, 0) is 24.1 Å². The normalized spacial score (nSPS) is 12.6. The van der Waals surface area contributed by atoms with Crippen molar-refractivity contribution in [3.63, 3.8) is 0 Å². The van der Waals surface area contributed by atoms with E-state index in [-0.39, 0.29) is 6.61 Å². The number of aliphatic hydroxyl groups is 1. The van der Waals surface area contributed by atoms with E-state index in [0.29, 0.717) is 10.9 Å². The second-order valence-corrected chi connectivity index (χ2v) is 6.61. The van der Waals surface area contributed by atoms with Gasteiger partial charge in [0.25, 0.3) is 0 Å². The maximum absolute atomic E-state index is 9.27. The number of halogens is 1. The summed E-state index contributed by atoms with van der Waals surface area (Å²) in [4.78, 5) is 4.48. The number of hydrogen-bond donors (Lipinski definition) is 1. The molecular formula is C15H19ClN2OS. The van der Waals surface area contributed by atoms with E-state index in [2.05, 4.69) is 23.4 Å². The van der Waals surface area contributed by atoms with Gasteiger partial charge in [0.2, 0.25) is 0 Å². The van der Waals surface area contributed by atoms with Gasteiger partial charge >= 0.3 is 0 Å². The lowest BCUT2D eigenvalue weighted by Gasteiger charge is -2.10. The van der Waals surface area contributed by atoms with Crippen LogP contribution >= 0.6 is 23.4 Å². The maximum Gasteiger partial charge on any atom is 0.168 e. The van der Waals surface area contributed by atoms with Crippen LogP contribution in [0, 0.1) is 0 Å². The molecule has 1 aromatic carbocycles. The monoisotopic (exact) mass is 310 g/mol. The van der Waals surface area contributed by atoms with Crippen LogP contribution in [0.4, 0.5) is 0 Å². The lowest BCUT2D eigenvalue weighted by atomic mass is 10.2. The van der Waals surface area contributed by atoms with Gasteiger partial charge in [-0.25, -0.2) is 4.98 Å². The molecule has 0 amide bonds. The van der Waals surface area contributed by atoms with E-state index < -0.39 is 0 Å². The molecule has 1 atom stereocenters. The summed E-state index contributed by atoms with van der Waals surface area (Å²) >= 11 is 7.65. The number of aliphatic hydroxyl groups excluding tert-OH is 1. The Kier molecular flexibility index (Phi) is 5.52. The Labute approximate surface area is 129 Å². The summed E-state index contributed by atoms with van der Waals surface area (Å²) in [6, 6.07) is 7.81. The summed E-state index contributed by atoms with van der Waals surface area (Å²) in [6.45, 7) is 5.06. The minimum atomic E-state index is -0.0261. The third-order valence-corrected chi connectivity index (χ3v) is 4.62. The van der Waals surface area contributed by atoms with Gasteiger partial charge in [0.05, 0.1) is 12.3 Å².